The van der Waals surface area contributed by atoms with E-state index in [4.69, 9.17) is 21.9 Å². The second-order valence-electron chi connectivity index (χ2n) is 2.19. The summed E-state index contributed by atoms with van der Waals surface area (Å²) >= 11 is 5.54. The lowest BCUT2D eigenvalue weighted by Crippen LogP contribution is -1.93. The van der Waals surface area contributed by atoms with Gasteiger partial charge in [0, 0.05) is 5.02 Å². The summed E-state index contributed by atoms with van der Waals surface area (Å²) in [4.78, 5) is 9.56. The van der Waals surface area contributed by atoms with Crippen molar-refractivity contribution in [2.75, 3.05) is 0 Å². The minimum absolute atomic E-state index is 0.226. The molecule has 0 atom stereocenters. The third kappa shape index (κ3) is 8.55. The Hall–Kier alpha value is -1.55. The van der Waals surface area contributed by atoms with E-state index in [0.29, 0.717) is 0 Å². The summed E-state index contributed by atoms with van der Waals surface area (Å²) in [5, 5.41) is 18.7. The first-order valence-corrected chi connectivity index (χ1v) is 4.13. The molecule has 14 heavy (non-hydrogen) atoms. The highest BCUT2D eigenvalue weighted by Gasteiger charge is 1.87. The maximum Gasteiger partial charge on any atom is 0.308 e. The Balaban J connectivity index is 0.000000241. The molecule has 0 heterocycles. The molecule has 0 aliphatic rings. The normalized spacial score (nSPS) is 9.21. The van der Waals surface area contributed by atoms with E-state index < -0.39 is 5.97 Å². The number of hydrogen-bond acceptors (Lipinski definition) is 3. The Morgan fingerprint density at radius 3 is 2.21 bits per heavy atom. The molecule has 0 aliphatic carbocycles. The molecule has 0 bridgehead atoms. The highest BCUT2D eigenvalue weighted by Crippen LogP contribution is 2.03. The van der Waals surface area contributed by atoms with E-state index in [0.717, 1.165) is 11.2 Å². The molecule has 1 rings (SSSR count). The van der Waals surface area contributed by atoms with Gasteiger partial charge in [-0.15, -0.1) is 5.16 Å². The number of carboxylic acid groups (broad SMARTS) is 1. The molecule has 1 aromatic rings. The van der Waals surface area contributed by atoms with Crippen LogP contribution < -0.4 is 0 Å². The first kappa shape index (κ1) is 12.4. The zero-order valence-electron chi connectivity index (χ0n) is 7.30. The standard InChI is InChI=1S/C6H5Cl.C3H5NO3/c7-6-4-2-1-3-5-6;5-3(6)1-2-4-7/h1-5H;2,7H,1H2,(H,5,6). The number of benzene rings is 1. The van der Waals surface area contributed by atoms with Crippen LogP contribution in [0.15, 0.2) is 35.5 Å². The molecule has 0 unspecified atom stereocenters. The molecule has 0 amide bonds. The third-order valence-electron chi connectivity index (χ3n) is 1.08. The average Bonchev–Trinajstić information content (AvgIpc) is 2.17. The number of nitrogens with zero attached hydrogens (tertiary/aromatic N) is 1. The summed E-state index contributed by atoms with van der Waals surface area (Å²) in [6, 6.07) is 9.44. The molecule has 0 aliphatic heterocycles. The Bertz CT molecular complexity index is 287. The van der Waals surface area contributed by atoms with Gasteiger partial charge in [-0.3, -0.25) is 4.79 Å². The Kier molecular flexibility index (Phi) is 7.17. The zero-order chi connectivity index (χ0) is 10.8. The summed E-state index contributed by atoms with van der Waals surface area (Å²) in [5.41, 5.74) is 0. The monoisotopic (exact) mass is 215 g/mol. The minimum Gasteiger partial charge on any atom is -0.481 e. The summed E-state index contributed by atoms with van der Waals surface area (Å²) in [6.07, 6.45) is 0.679. The molecule has 0 saturated heterocycles. The summed E-state index contributed by atoms with van der Waals surface area (Å²) < 4.78 is 0. The average molecular weight is 216 g/mol. The largest absolute Gasteiger partial charge is 0.481 e. The Labute approximate surface area is 86.4 Å². The molecule has 0 saturated carbocycles. The van der Waals surface area contributed by atoms with Gasteiger partial charge in [-0.2, -0.15) is 0 Å². The van der Waals surface area contributed by atoms with Gasteiger partial charge in [0.05, 0.1) is 12.6 Å². The predicted molar refractivity (Wildman–Crippen MR) is 54.0 cm³/mol. The van der Waals surface area contributed by atoms with E-state index in [1.165, 1.54) is 0 Å². The van der Waals surface area contributed by atoms with Crippen molar-refractivity contribution in [1.82, 2.24) is 0 Å². The summed E-state index contributed by atoms with van der Waals surface area (Å²) in [7, 11) is 0. The molecule has 2 N–H and O–H groups in total. The van der Waals surface area contributed by atoms with Crippen molar-refractivity contribution in [2.45, 2.75) is 6.42 Å². The van der Waals surface area contributed by atoms with Crippen molar-refractivity contribution in [3.63, 3.8) is 0 Å². The first-order chi connectivity index (χ1) is 6.66. The van der Waals surface area contributed by atoms with Gasteiger partial charge in [-0.1, -0.05) is 29.8 Å². The van der Waals surface area contributed by atoms with Crippen LogP contribution in [0.4, 0.5) is 0 Å². The topological polar surface area (TPSA) is 69.9 Å². The van der Waals surface area contributed by atoms with Crippen molar-refractivity contribution in [3.05, 3.63) is 35.4 Å². The number of carboxylic acids is 1. The Morgan fingerprint density at radius 2 is 2.00 bits per heavy atom. The predicted octanol–water partition coefficient (Wildman–Crippen LogP) is 2.26. The minimum atomic E-state index is -1.00. The SMILES string of the molecule is Clc1ccccc1.O=C(O)CC=NO. The van der Waals surface area contributed by atoms with Crippen molar-refractivity contribution in [3.8, 4) is 0 Å². The molecule has 76 valence electrons. The molecule has 1 aromatic carbocycles. The van der Waals surface area contributed by atoms with Crippen LogP contribution >= 0.6 is 11.6 Å². The number of halogens is 1. The van der Waals surface area contributed by atoms with Crippen LogP contribution in [0.25, 0.3) is 0 Å². The van der Waals surface area contributed by atoms with Crippen LogP contribution in [0.2, 0.25) is 5.02 Å². The fourth-order valence-corrected chi connectivity index (χ4v) is 0.679. The lowest BCUT2D eigenvalue weighted by Gasteiger charge is -1.80. The van der Waals surface area contributed by atoms with Crippen molar-refractivity contribution < 1.29 is 15.1 Å². The van der Waals surface area contributed by atoms with Gasteiger partial charge in [0.1, 0.15) is 0 Å². The number of aliphatic carboxylic acids is 1. The van der Waals surface area contributed by atoms with Gasteiger partial charge in [0.25, 0.3) is 0 Å². The highest BCUT2D eigenvalue weighted by molar-refractivity contribution is 6.30. The van der Waals surface area contributed by atoms with E-state index in [1.54, 1.807) is 0 Å². The van der Waals surface area contributed by atoms with Gasteiger partial charge >= 0.3 is 5.97 Å². The van der Waals surface area contributed by atoms with Crippen molar-refractivity contribution in [1.29, 1.82) is 0 Å². The van der Waals surface area contributed by atoms with E-state index in [2.05, 4.69) is 5.16 Å². The van der Waals surface area contributed by atoms with Gasteiger partial charge < -0.3 is 10.3 Å². The molecule has 0 spiro atoms. The second kappa shape index (κ2) is 8.07. The quantitative estimate of drug-likeness (QED) is 0.452. The summed E-state index contributed by atoms with van der Waals surface area (Å²) in [6.45, 7) is 0. The van der Waals surface area contributed by atoms with Gasteiger partial charge in [-0.05, 0) is 12.1 Å². The Morgan fingerprint density at radius 1 is 1.43 bits per heavy atom. The molecule has 0 fully saturated rings. The van der Waals surface area contributed by atoms with Crippen LogP contribution in [-0.4, -0.2) is 22.5 Å². The molecule has 0 radical (unpaired) electrons. The molecule has 5 heteroatoms. The van der Waals surface area contributed by atoms with E-state index >= 15 is 0 Å². The second-order valence-corrected chi connectivity index (χ2v) is 2.63. The van der Waals surface area contributed by atoms with E-state index in [-0.39, 0.29) is 6.42 Å². The van der Waals surface area contributed by atoms with Crippen LogP contribution in [0.1, 0.15) is 6.42 Å². The molecular weight excluding hydrogens is 206 g/mol. The fourth-order valence-electron chi connectivity index (χ4n) is 0.534. The van der Waals surface area contributed by atoms with Crippen molar-refractivity contribution in [2.24, 2.45) is 5.16 Å². The van der Waals surface area contributed by atoms with Gasteiger partial charge in [0.2, 0.25) is 0 Å². The molecule has 4 nitrogen and oxygen atoms in total. The first-order valence-electron chi connectivity index (χ1n) is 3.75. The van der Waals surface area contributed by atoms with Gasteiger partial charge in [-0.25, -0.2) is 0 Å². The molecular formula is C9H10ClNO3. The number of hydrogen-bond donors (Lipinski definition) is 2. The third-order valence-corrected chi connectivity index (χ3v) is 1.33. The van der Waals surface area contributed by atoms with Gasteiger partial charge in [0.15, 0.2) is 0 Å². The zero-order valence-corrected chi connectivity index (χ0v) is 8.05. The highest BCUT2D eigenvalue weighted by atomic mass is 35.5. The van der Waals surface area contributed by atoms with Crippen LogP contribution in [0, 0.1) is 0 Å². The lowest BCUT2D eigenvalue weighted by atomic mass is 10.4. The smallest absolute Gasteiger partial charge is 0.308 e. The molecule has 0 aromatic heterocycles. The van der Waals surface area contributed by atoms with Crippen molar-refractivity contribution >= 4 is 23.8 Å². The number of oxime groups is 1. The number of carbonyl (C=O) groups is 1. The maximum absolute atomic E-state index is 9.56. The lowest BCUT2D eigenvalue weighted by molar-refractivity contribution is -0.135. The maximum atomic E-state index is 9.56. The summed E-state index contributed by atoms with van der Waals surface area (Å²) in [5.74, 6) is -1.00. The van der Waals surface area contributed by atoms with E-state index in [1.807, 2.05) is 30.3 Å². The van der Waals surface area contributed by atoms with Crippen LogP contribution in [0.5, 0.6) is 0 Å². The van der Waals surface area contributed by atoms with E-state index in [9.17, 15) is 4.79 Å². The van der Waals surface area contributed by atoms with Crippen LogP contribution in [0.3, 0.4) is 0 Å². The number of rotatable bonds is 2. The van der Waals surface area contributed by atoms with Crippen LogP contribution in [-0.2, 0) is 4.79 Å². The fraction of sp³-hybridized carbons (Fsp3) is 0.111.